The molecule has 3 heteroatoms. The van der Waals surface area contributed by atoms with E-state index in [0.29, 0.717) is 12.2 Å². The van der Waals surface area contributed by atoms with Crippen LogP contribution in [0.1, 0.15) is 25.3 Å². The molecule has 2 saturated heterocycles. The molecule has 1 aromatic heterocycles. The second kappa shape index (κ2) is 4.22. The van der Waals surface area contributed by atoms with E-state index in [4.69, 9.17) is 9.15 Å². The SMILES string of the molecule is C[C@@H]1C[C@@H]2CN(Cc3ccoc3)CC[C@@H]2O1. The predicted molar refractivity (Wildman–Crippen MR) is 61.0 cm³/mol. The summed E-state index contributed by atoms with van der Waals surface area (Å²) < 4.78 is 11.0. The lowest BCUT2D eigenvalue weighted by Crippen LogP contribution is -2.40. The van der Waals surface area contributed by atoms with Gasteiger partial charge in [-0.25, -0.2) is 0 Å². The van der Waals surface area contributed by atoms with Crippen LogP contribution in [0, 0.1) is 5.92 Å². The molecule has 2 fully saturated rings. The molecule has 0 amide bonds. The molecule has 1 aromatic rings. The van der Waals surface area contributed by atoms with Gasteiger partial charge in [-0.05, 0) is 25.8 Å². The van der Waals surface area contributed by atoms with Gasteiger partial charge in [-0.1, -0.05) is 0 Å². The molecular weight excluding hydrogens is 202 g/mol. The van der Waals surface area contributed by atoms with E-state index in [2.05, 4.69) is 17.9 Å². The molecule has 16 heavy (non-hydrogen) atoms. The first-order valence-electron chi connectivity index (χ1n) is 6.20. The third-order valence-electron chi connectivity index (χ3n) is 3.78. The highest BCUT2D eigenvalue weighted by Gasteiger charge is 2.37. The van der Waals surface area contributed by atoms with Crippen molar-refractivity contribution >= 4 is 0 Å². The van der Waals surface area contributed by atoms with Crippen LogP contribution in [0.2, 0.25) is 0 Å². The number of nitrogens with zero attached hydrogens (tertiary/aromatic N) is 1. The number of ether oxygens (including phenoxy) is 1. The normalized spacial score (nSPS) is 35.2. The zero-order chi connectivity index (χ0) is 11.0. The summed E-state index contributed by atoms with van der Waals surface area (Å²) in [6.07, 6.45) is 7.00. The first-order chi connectivity index (χ1) is 7.81. The van der Waals surface area contributed by atoms with Crippen molar-refractivity contribution in [1.29, 1.82) is 0 Å². The van der Waals surface area contributed by atoms with Gasteiger partial charge in [-0.2, -0.15) is 0 Å². The Kier molecular flexibility index (Phi) is 2.74. The largest absolute Gasteiger partial charge is 0.472 e. The summed E-state index contributed by atoms with van der Waals surface area (Å²) in [7, 11) is 0. The summed E-state index contributed by atoms with van der Waals surface area (Å²) in [5, 5.41) is 0. The van der Waals surface area contributed by atoms with Crippen molar-refractivity contribution < 1.29 is 9.15 Å². The van der Waals surface area contributed by atoms with Crippen molar-refractivity contribution in [3.63, 3.8) is 0 Å². The van der Waals surface area contributed by atoms with Gasteiger partial charge in [-0.15, -0.1) is 0 Å². The average molecular weight is 221 g/mol. The minimum Gasteiger partial charge on any atom is -0.472 e. The van der Waals surface area contributed by atoms with E-state index in [1.807, 2.05) is 6.26 Å². The number of piperidine rings is 1. The van der Waals surface area contributed by atoms with Crippen LogP contribution in [0.5, 0.6) is 0 Å². The van der Waals surface area contributed by atoms with Gasteiger partial charge in [0, 0.05) is 31.1 Å². The Labute approximate surface area is 96.4 Å². The topological polar surface area (TPSA) is 25.6 Å². The minimum absolute atomic E-state index is 0.462. The molecule has 2 aliphatic rings. The number of hydrogen-bond acceptors (Lipinski definition) is 3. The molecule has 2 aliphatic heterocycles. The first kappa shape index (κ1) is 10.4. The number of fused-ring (bicyclic) bond motifs is 1. The van der Waals surface area contributed by atoms with E-state index >= 15 is 0 Å². The molecule has 88 valence electrons. The zero-order valence-electron chi connectivity index (χ0n) is 9.76. The van der Waals surface area contributed by atoms with E-state index in [-0.39, 0.29) is 0 Å². The van der Waals surface area contributed by atoms with Gasteiger partial charge < -0.3 is 9.15 Å². The lowest BCUT2D eigenvalue weighted by Gasteiger charge is -2.33. The molecule has 0 aromatic carbocycles. The van der Waals surface area contributed by atoms with E-state index in [1.54, 1.807) is 6.26 Å². The number of likely N-dealkylation sites (tertiary alicyclic amines) is 1. The van der Waals surface area contributed by atoms with Crippen LogP contribution in [0.4, 0.5) is 0 Å². The van der Waals surface area contributed by atoms with Crippen molar-refractivity contribution in [1.82, 2.24) is 4.90 Å². The molecule has 3 atom stereocenters. The Balaban J connectivity index is 1.59. The lowest BCUT2D eigenvalue weighted by molar-refractivity contribution is 0.00582. The highest BCUT2D eigenvalue weighted by molar-refractivity contribution is 5.05. The fourth-order valence-electron chi connectivity index (χ4n) is 3.06. The Morgan fingerprint density at radius 1 is 1.50 bits per heavy atom. The van der Waals surface area contributed by atoms with Gasteiger partial charge in [0.1, 0.15) is 0 Å². The molecule has 0 radical (unpaired) electrons. The number of hydrogen-bond donors (Lipinski definition) is 0. The quantitative estimate of drug-likeness (QED) is 0.766. The zero-order valence-corrected chi connectivity index (χ0v) is 9.76. The van der Waals surface area contributed by atoms with Crippen molar-refractivity contribution in [2.24, 2.45) is 5.92 Å². The highest BCUT2D eigenvalue weighted by Crippen LogP contribution is 2.32. The second-order valence-corrected chi connectivity index (χ2v) is 5.14. The maximum absolute atomic E-state index is 5.90. The van der Waals surface area contributed by atoms with Crippen molar-refractivity contribution in [3.05, 3.63) is 24.2 Å². The molecule has 3 nitrogen and oxygen atoms in total. The van der Waals surface area contributed by atoms with Gasteiger partial charge in [0.05, 0.1) is 24.7 Å². The molecular formula is C13H19NO2. The first-order valence-corrected chi connectivity index (χ1v) is 6.20. The van der Waals surface area contributed by atoms with E-state index < -0.39 is 0 Å². The van der Waals surface area contributed by atoms with Crippen LogP contribution in [-0.2, 0) is 11.3 Å². The van der Waals surface area contributed by atoms with Crippen LogP contribution < -0.4 is 0 Å². The summed E-state index contributed by atoms with van der Waals surface area (Å²) in [6, 6.07) is 2.06. The molecule has 0 saturated carbocycles. The monoisotopic (exact) mass is 221 g/mol. The molecule has 3 rings (SSSR count). The maximum Gasteiger partial charge on any atom is 0.0947 e. The van der Waals surface area contributed by atoms with Gasteiger partial charge in [0.2, 0.25) is 0 Å². The molecule has 0 N–H and O–H groups in total. The lowest BCUT2D eigenvalue weighted by atomic mass is 9.93. The summed E-state index contributed by atoms with van der Waals surface area (Å²) in [6.45, 7) is 5.55. The predicted octanol–water partition coefficient (Wildman–Crippen LogP) is 2.28. The number of rotatable bonds is 2. The Bertz CT molecular complexity index is 336. The minimum atomic E-state index is 0.462. The summed E-state index contributed by atoms with van der Waals surface area (Å²) in [4.78, 5) is 2.52. The van der Waals surface area contributed by atoms with E-state index in [0.717, 1.165) is 19.0 Å². The van der Waals surface area contributed by atoms with Gasteiger partial charge in [0.15, 0.2) is 0 Å². The van der Waals surface area contributed by atoms with Crippen molar-refractivity contribution in [3.8, 4) is 0 Å². The van der Waals surface area contributed by atoms with Crippen LogP contribution in [0.3, 0.4) is 0 Å². The Hall–Kier alpha value is -0.800. The van der Waals surface area contributed by atoms with Crippen molar-refractivity contribution in [2.75, 3.05) is 13.1 Å². The Morgan fingerprint density at radius 3 is 3.25 bits per heavy atom. The third-order valence-corrected chi connectivity index (χ3v) is 3.78. The second-order valence-electron chi connectivity index (χ2n) is 5.14. The summed E-state index contributed by atoms with van der Waals surface area (Å²) in [5.74, 6) is 0.746. The summed E-state index contributed by atoms with van der Waals surface area (Å²) in [5.41, 5.74) is 1.28. The third kappa shape index (κ3) is 2.02. The molecule has 0 unspecified atom stereocenters. The average Bonchev–Trinajstić information content (AvgIpc) is 2.85. The van der Waals surface area contributed by atoms with E-state index in [1.165, 1.54) is 24.9 Å². The fraction of sp³-hybridized carbons (Fsp3) is 0.692. The van der Waals surface area contributed by atoms with E-state index in [9.17, 15) is 0 Å². The van der Waals surface area contributed by atoms with Crippen LogP contribution in [0.25, 0.3) is 0 Å². The van der Waals surface area contributed by atoms with Gasteiger partial charge >= 0.3 is 0 Å². The molecule has 0 bridgehead atoms. The number of furan rings is 1. The molecule has 0 aliphatic carbocycles. The van der Waals surface area contributed by atoms with Gasteiger partial charge in [-0.3, -0.25) is 4.90 Å². The fourth-order valence-corrected chi connectivity index (χ4v) is 3.06. The molecule has 3 heterocycles. The molecule has 0 spiro atoms. The van der Waals surface area contributed by atoms with Crippen LogP contribution in [-0.4, -0.2) is 30.2 Å². The standard InChI is InChI=1S/C13H19NO2/c1-10-6-12-8-14(4-2-13(12)16-10)7-11-3-5-15-9-11/h3,5,9-10,12-13H,2,4,6-8H2,1H3/t10-,12-,13+/m1/s1. The van der Waals surface area contributed by atoms with Crippen LogP contribution in [0.15, 0.2) is 23.0 Å². The summed E-state index contributed by atoms with van der Waals surface area (Å²) >= 11 is 0. The smallest absolute Gasteiger partial charge is 0.0947 e. The van der Waals surface area contributed by atoms with Crippen LogP contribution >= 0.6 is 0 Å². The highest BCUT2D eigenvalue weighted by atomic mass is 16.5. The Morgan fingerprint density at radius 2 is 2.44 bits per heavy atom. The van der Waals surface area contributed by atoms with Gasteiger partial charge in [0.25, 0.3) is 0 Å². The van der Waals surface area contributed by atoms with Crippen molar-refractivity contribution in [2.45, 2.75) is 38.5 Å². The maximum atomic E-state index is 5.90.